The molecular weight excluding hydrogens is 286 g/mol. The SMILES string of the molecule is COc1cccc([C@@H](C#N)S(=O)(=O)c2ccc(C)cc2)c1. The van der Waals surface area contributed by atoms with Gasteiger partial charge in [0, 0.05) is 0 Å². The second-order valence-corrected chi connectivity index (χ2v) is 6.68. The van der Waals surface area contributed by atoms with E-state index in [1.54, 1.807) is 36.4 Å². The van der Waals surface area contributed by atoms with E-state index in [1.165, 1.54) is 19.2 Å². The van der Waals surface area contributed by atoms with Gasteiger partial charge in [-0.3, -0.25) is 0 Å². The molecule has 21 heavy (non-hydrogen) atoms. The molecule has 0 radical (unpaired) electrons. The van der Waals surface area contributed by atoms with Crippen molar-refractivity contribution in [1.82, 2.24) is 0 Å². The summed E-state index contributed by atoms with van der Waals surface area (Å²) < 4.78 is 30.3. The van der Waals surface area contributed by atoms with E-state index < -0.39 is 15.1 Å². The van der Waals surface area contributed by atoms with Crippen molar-refractivity contribution in [2.24, 2.45) is 0 Å². The van der Waals surface area contributed by atoms with Gasteiger partial charge in [-0.25, -0.2) is 8.42 Å². The summed E-state index contributed by atoms with van der Waals surface area (Å²) in [5.41, 5.74) is 1.36. The van der Waals surface area contributed by atoms with Gasteiger partial charge < -0.3 is 4.74 Å². The highest BCUT2D eigenvalue weighted by atomic mass is 32.2. The number of aryl methyl sites for hydroxylation is 1. The molecule has 2 rings (SSSR count). The Kier molecular flexibility index (Phi) is 4.29. The number of benzene rings is 2. The van der Waals surface area contributed by atoms with Crippen LogP contribution in [0.4, 0.5) is 0 Å². The third-order valence-corrected chi connectivity index (χ3v) is 5.10. The number of sulfone groups is 1. The van der Waals surface area contributed by atoms with Gasteiger partial charge >= 0.3 is 0 Å². The zero-order chi connectivity index (χ0) is 15.5. The first-order valence-corrected chi connectivity index (χ1v) is 7.88. The quantitative estimate of drug-likeness (QED) is 0.870. The summed E-state index contributed by atoms with van der Waals surface area (Å²) in [5.74, 6) is 0.520. The lowest BCUT2D eigenvalue weighted by atomic mass is 10.1. The number of hydrogen-bond acceptors (Lipinski definition) is 4. The van der Waals surface area contributed by atoms with E-state index >= 15 is 0 Å². The van der Waals surface area contributed by atoms with E-state index in [-0.39, 0.29) is 4.90 Å². The summed E-state index contributed by atoms with van der Waals surface area (Å²) in [7, 11) is -2.27. The van der Waals surface area contributed by atoms with E-state index in [0.717, 1.165) is 5.56 Å². The second-order valence-electron chi connectivity index (χ2n) is 4.64. The van der Waals surface area contributed by atoms with Gasteiger partial charge in [-0.05, 0) is 36.8 Å². The highest BCUT2D eigenvalue weighted by Crippen LogP contribution is 2.30. The molecule has 2 aromatic rings. The summed E-state index contributed by atoms with van der Waals surface area (Å²) >= 11 is 0. The molecule has 0 aromatic heterocycles. The Hall–Kier alpha value is -2.32. The monoisotopic (exact) mass is 301 g/mol. The van der Waals surface area contributed by atoms with Crippen molar-refractivity contribution in [2.75, 3.05) is 7.11 Å². The molecular formula is C16H15NO3S. The van der Waals surface area contributed by atoms with E-state index in [2.05, 4.69) is 0 Å². The Morgan fingerprint density at radius 3 is 2.38 bits per heavy atom. The predicted molar refractivity (Wildman–Crippen MR) is 79.7 cm³/mol. The minimum atomic E-state index is -3.76. The topological polar surface area (TPSA) is 67.2 Å². The third kappa shape index (κ3) is 3.06. The molecule has 0 N–H and O–H groups in total. The largest absolute Gasteiger partial charge is 0.497 e. The molecule has 5 heteroatoms. The van der Waals surface area contributed by atoms with E-state index in [1.807, 2.05) is 13.0 Å². The zero-order valence-corrected chi connectivity index (χ0v) is 12.6. The zero-order valence-electron chi connectivity index (χ0n) is 11.8. The fraction of sp³-hybridized carbons (Fsp3) is 0.188. The number of nitrogens with zero attached hydrogens (tertiary/aromatic N) is 1. The Balaban J connectivity index is 2.49. The smallest absolute Gasteiger partial charge is 0.198 e. The molecule has 0 heterocycles. The van der Waals surface area contributed by atoms with Crippen LogP contribution in [0, 0.1) is 18.3 Å². The van der Waals surface area contributed by atoms with Gasteiger partial charge in [0.1, 0.15) is 5.75 Å². The Labute approximate surface area is 124 Å². The molecule has 0 saturated heterocycles. The molecule has 0 aliphatic heterocycles. The number of nitriles is 1. The van der Waals surface area contributed by atoms with Crippen LogP contribution in [0.1, 0.15) is 16.4 Å². The standard InChI is InChI=1S/C16H15NO3S/c1-12-6-8-15(9-7-12)21(18,19)16(11-17)13-4-3-5-14(10-13)20-2/h3-10,16H,1-2H3/t16-/m1/s1. The summed E-state index contributed by atoms with van der Waals surface area (Å²) in [5, 5.41) is 8.07. The van der Waals surface area contributed by atoms with Crippen molar-refractivity contribution in [1.29, 1.82) is 5.26 Å². The average Bonchev–Trinajstić information content (AvgIpc) is 2.48. The van der Waals surface area contributed by atoms with Crippen molar-refractivity contribution < 1.29 is 13.2 Å². The molecule has 0 saturated carbocycles. The molecule has 0 unspecified atom stereocenters. The van der Waals surface area contributed by atoms with Crippen LogP contribution in [0.25, 0.3) is 0 Å². The van der Waals surface area contributed by atoms with E-state index in [0.29, 0.717) is 11.3 Å². The fourth-order valence-electron chi connectivity index (χ4n) is 1.99. The van der Waals surface area contributed by atoms with Gasteiger partial charge in [0.2, 0.25) is 0 Å². The van der Waals surface area contributed by atoms with Crippen LogP contribution in [-0.4, -0.2) is 15.5 Å². The first kappa shape index (κ1) is 15.1. The molecule has 0 amide bonds. The van der Waals surface area contributed by atoms with Gasteiger partial charge in [0.25, 0.3) is 0 Å². The van der Waals surface area contributed by atoms with Crippen LogP contribution in [-0.2, 0) is 9.84 Å². The van der Waals surface area contributed by atoms with Gasteiger partial charge in [-0.1, -0.05) is 29.8 Å². The van der Waals surface area contributed by atoms with Crippen LogP contribution in [0.15, 0.2) is 53.4 Å². The molecule has 2 aromatic carbocycles. The number of hydrogen-bond donors (Lipinski definition) is 0. The minimum absolute atomic E-state index is 0.141. The lowest BCUT2D eigenvalue weighted by Gasteiger charge is -2.12. The maximum absolute atomic E-state index is 12.6. The van der Waals surface area contributed by atoms with Crippen molar-refractivity contribution in [3.05, 3.63) is 59.7 Å². The van der Waals surface area contributed by atoms with Crippen LogP contribution < -0.4 is 4.74 Å². The third-order valence-electron chi connectivity index (χ3n) is 3.17. The Morgan fingerprint density at radius 2 is 1.81 bits per heavy atom. The molecule has 0 aliphatic rings. The van der Waals surface area contributed by atoms with Crippen molar-refractivity contribution in [3.63, 3.8) is 0 Å². The van der Waals surface area contributed by atoms with Crippen LogP contribution in [0.2, 0.25) is 0 Å². The molecule has 0 spiro atoms. The van der Waals surface area contributed by atoms with Crippen molar-refractivity contribution in [3.8, 4) is 11.8 Å². The molecule has 108 valence electrons. The second kappa shape index (κ2) is 5.98. The molecule has 0 bridgehead atoms. The summed E-state index contributed by atoms with van der Waals surface area (Å²) in [6.45, 7) is 1.88. The summed E-state index contributed by atoms with van der Waals surface area (Å²) in [6, 6.07) is 14.9. The lowest BCUT2D eigenvalue weighted by Crippen LogP contribution is -2.12. The lowest BCUT2D eigenvalue weighted by molar-refractivity contribution is 0.414. The predicted octanol–water partition coefficient (Wildman–Crippen LogP) is 3.04. The van der Waals surface area contributed by atoms with Gasteiger partial charge in [0.05, 0.1) is 18.1 Å². The van der Waals surface area contributed by atoms with Crippen LogP contribution in [0.3, 0.4) is 0 Å². The van der Waals surface area contributed by atoms with Gasteiger partial charge in [-0.2, -0.15) is 5.26 Å². The summed E-state index contributed by atoms with van der Waals surface area (Å²) in [4.78, 5) is 0.141. The number of rotatable bonds is 4. The average molecular weight is 301 g/mol. The van der Waals surface area contributed by atoms with Crippen LogP contribution >= 0.6 is 0 Å². The molecule has 4 nitrogen and oxygen atoms in total. The van der Waals surface area contributed by atoms with Crippen molar-refractivity contribution >= 4 is 9.84 Å². The Morgan fingerprint density at radius 1 is 1.14 bits per heavy atom. The maximum Gasteiger partial charge on any atom is 0.198 e. The van der Waals surface area contributed by atoms with E-state index in [9.17, 15) is 13.7 Å². The summed E-state index contributed by atoms with van der Waals surface area (Å²) in [6.07, 6.45) is 0. The van der Waals surface area contributed by atoms with Crippen molar-refractivity contribution in [2.45, 2.75) is 17.1 Å². The normalized spacial score (nSPS) is 12.4. The number of methoxy groups -OCH3 is 1. The maximum atomic E-state index is 12.6. The molecule has 0 fully saturated rings. The highest BCUT2D eigenvalue weighted by Gasteiger charge is 2.29. The molecule has 1 atom stereocenters. The first-order valence-electron chi connectivity index (χ1n) is 6.33. The Bertz CT molecular complexity index is 774. The highest BCUT2D eigenvalue weighted by molar-refractivity contribution is 7.92. The minimum Gasteiger partial charge on any atom is -0.497 e. The number of ether oxygens (including phenoxy) is 1. The first-order chi connectivity index (χ1) is 9.98. The fourth-order valence-corrected chi connectivity index (χ4v) is 3.42. The van der Waals surface area contributed by atoms with Gasteiger partial charge in [0.15, 0.2) is 15.1 Å². The van der Waals surface area contributed by atoms with Crippen LogP contribution in [0.5, 0.6) is 5.75 Å². The van der Waals surface area contributed by atoms with Gasteiger partial charge in [-0.15, -0.1) is 0 Å². The van der Waals surface area contributed by atoms with E-state index in [4.69, 9.17) is 4.74 Å². The molecule has 0 aliphatic carbocycles.